The van der Waals surface area contributed by atoms with Gasteiger partial charge in [0.2, 0.25) is 10.0 Å². The van der Waals surface area contributed by atoms with Crippen molar-refractivity contribution < 1.29 is 27.4 Å². The molecule has 0 radical (unpaired) electrons. The Labute approximate surface area is 110 Å². The van der Waals surface area contributed by atoms with E-state index < -0.39 is 34.5 Å². The number of hydrogen-bond donors (Lipinski definition) is 2. The van der Waals surface area contributed by atoms with E-state index in [1.54, 1.807) is 0 Å². The van der Waals surface area contributed by atoms with Gasteiger partial charge in [0.05, 0.1) is 4.90 Å². The summed E-state index contributed by atoms with van der Waals surface area (Å²) in [7, 11) is -2.83. The molecule has 106 valence electrons. The number of rotatable bonds is 6. The molecule has 1 unspecified atom stereocenters. The molecule has 0 saturated carbocycles. The zero-order chi connectivity index (χ0) is 14.6. The number of methoxy groups -OCH3 is 1. The summed E-state index contributed by atoms with van der Waals surface area (Å²) in [5, 5.41) is 8.72. The number of halogens is 1. The molecule has 1 aromatic rings. The first-order valence-corrected chi connectivity index (χ1v) is 6.77. The topological polar surface area (TPSA) is 92.7 Å². The molecule has 0 aliphatic rings. The van der Waals surface area contributed by atoms with Crippen LogP contribution in [0.25, 0.3) is 0 Å². The number of aryl methyl sites for hydroxylation is 1. The smallest absolute Gasteiger partial charge is 0.334 e. The molecule has 1 aromatic carbocycles. The van der Waals surface area contributed by atoms with Gasteiger partial charge in [-0.3, -0.25) is 0 Å². The van der Waals surface area contributed by atoms with Gasteiger partial charge in [-0.25, -0.2) is 22.3 Å². The van der Waals surface area contributed by atoms with Crippen LogP contribution in [-0.4, -0.2) is 39.3 Å². The summed E-state index contributed by atoms with van der Waals surface area (Å²) in [5.41, 5.74) is 0.359. The Balaban J connectivity index is 2.93. The van der Waals surface area contributed by atoms with Crippen LogP contribution < -0.4 is 4.72 Å². The number of ether oxygens (including phenoxy) is 1. The molecule has 6 nitrogen and oxygen atoms in total. The molecule has 0 amide bonds. The van der Waals surface area contributed by atoms with E-state index in [4.69, 9.17) is 5.11 Å². The molecular weight excluding hydrogens is 277 g/mol. The second-order valence-corrected chi connectivity index (χ2v) is 5.56. The number of nitrogens with one attached hydrogen (secondary N) is 1. The van der Waals surface area contributed by atoms with Gasteiger partial charge in [0.25, 0.3) is 0 Å². The van der Waals surface area contributed by atoms with E-state index in [1.165, 1.54) is 13.0 Å². The Morgan fingerprint density at radius 3 is 2.68 bits per heavy atom. The molecule has 1 atom stereocenters. The first-order valence-electron chi connectivity index (χ1n) is 5.29. The van der Waals surface area contributed by atoms with E-state index in [-0.39, 0.29) is 4.90 Å². The molecule has 0 fully saturated rings. The first kappa shape index (κ1) is 15.5. The van der Waals surface area contributed by atoms with E-state index >= 15 is 0 Å². The van der Waals surface area contributed by atoms with Crippen LogP contribution in [0.2, 0.25) is 0 Å². The standard InChI is InChI=1S/C11H14FNO5S/c1-7-3-4-8(12)5-10(7)19(16,17)13-6-9(18-2)11(14)15/h3-5,9,13H,6H2,1-2H3,(H,14,15). The Hall–Kier alpha value is -1.51. The molecule has 0 aliphatic carbocycles. The minimum absolute atomic E-state index is 0.229. The summed E-state index contributed by atoms with van der Waals surface area (Å²) in [6.07, 6.45) is -1.30. The fourth-order valence-electron chi connectivity index (χ4n) is 1.40. The summed E-state index contributed by atoms with van der Waals surface area (Å²) < 4.78 is 43.6. The number of carboxylic acids is 1. The van der Waals surface area contributed by atoms with Crippen molar-refractivity contribution in [2.75, 3.05) is 13.7 Å². The molecule has 19 heavy (non-hydrogen) atoms. The van der Waals surface area contributed by atoms with Crippen molar-refractivity contribution in [3.8, 4) is 0 Å². The average Bonchev–Trinajstić information content (AvgIpc) is 2.32. The summed E-state index contributed by atoms with van der Waals surface area (Å²) in [4.78, 5) is 10.5. The molecule has 0 heterocycles. The van der Waals surface area contributed by atoms with Gasteiger partial charge in [-0.1, -0.05) is 6.07 Å². The lowest BCUT2D eigenvalue weighted by atomic mass is 10.2. The summed E-state index contributed by atoms with van der Waals surface area (Å²) >= 11 is 0. The molecular formula is C11H14FNO5S. The predicted molar refractivity (Wildman–Crippen MR) is 64.8 cm³/mol. The highest BCUT2D eigenvalue weighted by molar-refractivity contribution is 7.89. The van der Waals surface area contributed by atoms with Crippen LogP contribution in [0.1, 0.15) is 5.56 Å². The van der Waals surface area contributed by atoms with Crippen molar-refractivity contribution in [1.82, 2.24) is 4.72 Å². The minimum atomic E-state index is -3.99. The summed E-state index contributed by atoms with van der Waals surface area (Å²) in [5.74, 6) is -1.98. The van der Waals surface area contributed by atoms with Crippen molar-refractivity contribution in [3.63, 3.8) is 0 Å². The van der Waals surface area contributed by atoms with Crippen LogP contribution >= 0.6 is 0 Å². The van der Waals surface area contributed by atoms with Crippen LogP contribution in [0, 0.1) is 12.7 Å². The highest BCUT2D eigenvalue weighted by Gasteiger charge is 2.22. The monoisotopic (exact) mass is 291 g/mol. The highest BCUT2D eigenvalue weighted by Crippen LogP contribution is 2.16. The third kappa shape index (κ3) is 3.98. The third-order valence-electron chi connectivity index (χ3n) is 2.46. The lowest BCUT2D eigenvalue weighted by molar-refractivity contribution is -0.147. The molecule has 0 bridgehead atoms. The van der Waals surface area contributed by atoms with Gasteiger partial charge in [-0.15, -0.1) is 0 Å². The average molecular weight is 291 g/mol. The molecule has 0 aliphatic heterocycles. The molecule has 8 heteroatoms. The lowest BCUT2D eigenvalue weighted by Crippen LogP contribution is -2.38. The maximum Gasteiger partial charge on any atom is 0.334 e. The van der Waals surface area contributed by atoms with Gasteiger partial charge < -0.3 is 9.84 Å². The van der Waals surface area contributed by atoms with Gasteiger partial charge in [-0.2, -0.15) is 0 Å². The maximum atomic E-state index is 13.1. The zero-order valence-corrected chi connectivity index (χ0v) is 11.2. The third-order valence-corrected chi connectivity index (χ3v) is 4.02. The van der Waals surface area contributed by atoms with Gasteiger partial charge in [0.1, 0.15) is 5.82 Å². The molecule has 2 N–H and O–H groups in total. The Bertz CT molecular complexity index is 572. The van der Waals surface area contributed by atoms with Gasteiger partial charge in [-0.05, 0) is 24.6 Å². The normalized spacial score (nSPS) is 13.2. The Morgan fingerprint density at radius 2 is 2.16 bits per heavy atom. The zero-order valence-electron chi connectivity index (χ0n) is 10.4. The number of aliphatic carboxylic acids is 1. The lowest BCUT2D eigenvalue weighted by Gasteiger charge is -2.13. The number of carboxylic acid groups (broad SMARTS) is 1. The van der Waals surface area contributed by atoms with Crippen molar-refractivity contribution in [3.05, 3.63) is 29.6 Å². The van der Waals surface area contributed by atoms with Gasteiger partial charge in [0, 0.05) is 13.7 Å². The van der Waals surface area contributed by atoms with E-state index in [0.29, 0.717) is 5.56 Å². The molecule has 0 spiro atoms. The first-order chi connectivity index (χ1) is 8.77. The largest absolute Gasteiger partial charge is 0.479 e. The van der Waals surface area contributed by atoms with Crippen molar-refractivity contribution in [2.45, 2.75) is 17.9 Å². The van der Waals surface area contributed by atoms with Crippen molar-refractivity contribution in [1.29, 1.82) is 0 Å². The Kier molecular flexibility index (Phi) is 4.98. The summed E-state index contributed by atoms with van der Waals surface area (Å²) in [6.45, 7) is 1.07. The molecule has 1 rings (SSSR count). The number of benzene rings is 1. The van der Waals surface area contributed by atoms with Crippen LogP contribution in [0.15, 0.2) is 23.1 Å². The second kappa shape index (κ2) is 6.09. The van der Waals surface area contributed by atoms with E-state index in [1.807, 2.05) is 0 Å². The van der Waals surface area contributed by atoms with Gasteiger partial charge >= 0.3 is 5.97 Å². The highest BCUT2D eigenvalue weighted by atomic mass is 32.2. The van der Waals surface area contributed by atoms with E-state index in [9.17, 15) is 17.6 Å². The number of hydrogen-bond acceptors (Lipinski definition) is 4. The minimum Gasteiger partial charge on any atom is -0.479 e. The predicted octanol–water partition coefficient (Wildman–Crippen LogP) is 0.512. The number of carbonyl (C=O) groups is 1. The second-order valence-electron chi connectivity index (χ2n) is 3.82. The van der Waals surface area contributed by atoms with Crippen LogP contribution in [0.3, 0.4) is 0 Å². The molecule has 0 saturated heterocycles. The molecule has 0 aromatic heterocycles. The van der Waals surface area contributed by atoms with Gasteiger partial charge in [0.15, 0.2) is 6.10 Å². The van der Waals surface area contributed by atoms with E-state index in [2.05, 4.69) is 9.46 Å². The van der Waals surface area contributed by atoms with E-state index in [0.717, 1.165) is 19.2 Å². The summed E-state index contributed by atoms with van der Waals surface area (Å²) in [6, 6.07) is 3.35. The van der Waals surface area contributed by atoms with Crippen LogP contribution in [-0.2, 0) is 19.6 Å². The van der Waals surface area contributed by atoms with Crippen LogP contribution in [0.4, 0.5) is 4.39 Å². The quantitative estimate of drug-likeness (QED) is 0.796. The maximum absolute atomic E-state index is 13.1. The van der Waals surface area contributed by atoms with Crippen molar-refractivity contribution in [2.24, 2.45) is 0 Å². The van der Waals surface area contributed by atoms with Crippen molar-refractivity contribution >= 4 is 16.0 Å². The van der Waals surface area contributed by atoms with Crippen LogP contribution in [0.5, 0.6) is 0 Å². The Morgan fingerprint density at radius 1 is 1.53 bits per heavy atom. The fourth-order valence-corrected chi connectivity index (χ4v) is 2.68. The SMILES string of the molecule is COC(CNS(=O)(=O)c1cc(F)ccc1C)C(=O)O. The fraction of sp³-hybridized carbons (Fsp3) is 0.364. The number of sulfonamides is 1.